The van der Waals surface area contributed by atoms with Gasteiger partial charge in [0, 0.05) is 24.8 Å². The number of hydrogen-bond acceptors (Lipinski definition) is 5. The van der Waals surface area contributed by atoms with Gasteiger partial charge in [0.15, 0.2) is 0 Å². The maximum atomic E-state index is 12.9. The van der Waals surface area contributed by atoms with Crippen molar-refractivity contribution in [3.05, 3.63) is 93.3 Å². The summed E-state index contributed by atoms with van der Waals surface area (Å²) in [4.78, 5) is 38.7. The number of hydrogen-bond donors (Lipinski definition) is 1. The smallest absolute Gasteiger partial charge is 0.264 e. The minimum absolute atomic E-state index is 0.122. The number of aromatic nitrogens is 5. The van der Waals surface area contributed by atoms with Crippen LogP contribution < -0.4 is 10.9 Å². The molecule has 1 N–H and O–H groups in total. The number of imidazole rings is 1. The molecule has 0 saturated heterocycles. The summed E-state index contributed by atoms with van der Waals surface area (Å²) in [6.45, 7) is 6.09. The van der Waals surface area contributed by atoms with Crippen molar-refractivity contribution in [2.24, 2.45) is 0 Å². The van der Waals surface area contributed by atoms with Crippen LogP contribution in [0.3, 0.4) is 0 Å². The fourth-order valence-corrected chi connectivity index (χ4v) is 3.24. The molecule has 8 nitrogen and oxygen atoms in total. The van der Waals surface area contributed by atoms with Crippen molar-refractivity contribution in [3.8, 4) is 0 Å². The molecular weight excluding hydrogens is 380 g/mol. The Labute approximate surface area is 173 Å². The van der Waals surface area contributed by atoms with E-state index < -0.39 is 5.91 Å². The van der Waals surface area contributed by atoms with Gasteiger partial charge in [-0.3, -0.25) is 19.6 Å². The molecule has 4 aromatic heterocycles. The Morgan fingerprint density at radius 1 is 1.03 bits per heavy atom. The van der Waals surface area contributed by atoms with Crippen molar-refractivity contribution in [2.75, 3.05) is 0 Å². The van der Waals surface area contributed by atoms with Crippen LogP contribution in [-0.4, -0.2) is 29.8 Å². The molecule has 0 aliphatic carbocycles. The van der Waals surface area contributed by atoms with Crippen molar-refractivity contribution < 1.29 is 4.79 Å². The van der Waals surface area contributed by atoms with E-state index in [2.05, 4.69) is 20.3 Å². The van der Waals surface area contributed by atoms with Crippen LogP contribution in [0.5, 0.6) is 0 Å². The SMILES string of the molecule is Cc1ccc2nc(CNC(=O)c3c(C)ccn(Cc4cnc(C)cn4)c3=O)cn2c1. The normalized spacial score (nSPS) is 11.0. The molecule has 0 aliphatic rings. The number of rotatable bonds is 5. The lowest BCUT2D eigenvalue weighted by Gasteiger charge is -2.10. The highest BCUT2D eigenvalue weighted by molar-refractivity contribution is 5.95. The highest BCUT2D eigenvalue weighted by atomic mass is 16.2. The van der Waals surface area contributed by atoms with Crippen LogP contribution >= 0.6 is 0 Å². The molecule has 1 amide bonds. The van der Waals surface area contributed by atoms with E-state index in [4.69, 9.17) is 0 Å². The van der Waals surface area contributed by atoms with Gasteiger partial charge >= 0.3 is 0 Å². The van der Waals surface area contributed by atoms with E-state index in [0.29, 0.717) is 11.3 Å². The lowest BCUT2D eigenvalue weighted by Crippen LogP contribution is -2.34. The van der Waals surface area contributed by atoms with Crippen LogP contribution in [0.25, 0.3) is 5.65 Å². The zero-order valence-electron chi connectivity index (χ0n) is 17.1. The molecule has 0 aromatic carbocycles. The van der Waals surface area contributed by atoms with Crippen LogP contribution in [0.15, 0.2) is 54.0 Å². The third-order valence-electron chi connectivity index (χ3n) is 4.85. The predicted molar refractivity (Wildman–Crippen MR) is 112 cm³/mol. The second kappa shape index (κ2) is 7.90. The van der Waals surface area contributed by atoms with Crippen molar-refractivity contribution in [2.45, 2.75) is 33.9 Å². The van der Waals surface area contributed by atoms with E-state index >= 15 is 0 Å². The molecule has 152 valence electrons. The largest absolute Gasteiger partial charge is 0.346 e. The van der Waals surface area contributed by atoms with Gasteiger partial charge in [-0.15, -0.1) is 0 Å². The average molecular weight is 402 g/mol. The average Bonchev–Trinajstić information content (AvgIpc) is 3.12. The topological polar surface area (TPSA) is 94.2 Å². The molecule has 30 heavy (non-hydrogen) atoms. The summed E-state index contributed by atoms with van der Waals surface area (Å²) in [5.74, 6) is -0.421. The van der Waals surface area contributed by atoms with Crippen molar-refractivity contribution >= 4 is 11.6 Å². The second-order valence-electron chi connectivity index (χ2n) is 7.34. The first-order valence-corrected chi connectivity index (χ1v) is 9.61. The number of nitrogens with one attached hydrogen (secondary N) is 1. The number of carbonyl (C=O) groups is 1. The summed E-state index contributed by atoms with van der Waals surface area (Å²) in [5, 5.41) is 2.81. The van der Waals surface area contributed by atoms with Crippen molar-refractivity contribution in [1.82, 2.24) is 29.2 Å². The van der Waals surface area contributed by atoms with Crippen LogP contribution in [-0.2, 0) is 13.1 Å². The third-order valence-corrected chi connectivity index (χ3v) is 4.85. The summed E-state index contributed by atoms with van der Waals surface area (Å²) < 4.78 is 3.38. The molecule has 0 atom stereocenters. The van der Waals surface area contributed by atoms with Crippen LogP contribution in [0.1, 0.15) is 38.6 Å². The summed E-state index contributed by atoms with van der Waals surface area (Å²) in [7, 11) is 0. The Kier molecular flexibility index (Phi) is 5.14. The fourth-order valence-electron chi connectivity index (χ4n) is 3.24. The van der Waals surface area contributed by atoms with Gasteiger partial charge in [-0.2, -0.15) is 0 Å². The van der Waals surface area contributed by atoms with Crippen LogP contribution in [0, 0.1) is 20.8 Å². The molecule has 0 unspecified atom stereocenters. The van der Waals surface area contributed by atoms with Gasteiger partial charge in [-0.1, -0.05) is 6.07 Å². The first-order valence-electron chi connectivity index (χ1n) is 9.61. The summed E-state index contributed by atoms with van der Waals surface area (Å²) in [6, 6.07) is 5.67. The van der Waals surface area contributed by atoms with Crippen LogP contribution in [0.2, 0.25) is 0 Å². The number of fused-ring (bicyclic) bond motifs is 1. The second-order valence-corrected chi connectivity index (χ2v) is 7.34. The summed E-state index contributed by atoms with van der Waals surface area (Å²) in [5.41, 5.74) is 4.48. The molecule has 0 saturated carbocycles. The Morgan fingerprint density at radius 2 is 1.87 bits per heavy atom. The number of aryl methyl sites for hydroxylation is 3. The van der Waals surface area contributed by atoms with E-state index in [1.807, 2.05) is 42.8 Å². The Hall–Kier alpha value is -3.81. The van der Waals surface area contributed by atoms with E-state index in [1.165, 1.54) is 4.57 Å². The zero-order valence-corrected chi connectivity index (χ0v) is 17.1. The standard InChI is InChI=1S/C22H22N6O2/c1-14-4-5-19-26-18(13-28(19)11-14)10-25-21(29)20-15(2)6-7-27(22(20)30)12-17-9-23-16(3)8-24-17/h4-9,11,13H,10,12H2,1-3H3,(H,25,29). The van der Waals surface area contributed by atoms with Gasteiger partial charge < -0.3 is 14.3 Å². The molecule has 8 heteroatoms. The first kappa shape index (κ1) is 19.5. The summed E-state index contributed by atoms with van der Waals surface area (Å²) >= 11 is 0. The van der Waals surface area contributed by atoms with Gasteiger partial charge in [0.05, 0.1) is 36.4 Å². The minimum atomic E-state index is -0.421. The zero-order chi connectivity index (χ0) is 21.3. The van der Waals surface area contributed by atoms with Gasteiger partial charge in [0.1, 0.15) is 11.2 Å². The molecule has 0 aliphatic heterocycles. The first-order chi connectivity index (χ1) is 14.4. The Morgan fingerprint density at radius 3 is 2.63 bits per heavy atom. The van der Waals surface area contributed by atoms with E-state index in [0.717, 1.165) is 22.6 Å². The predicted octanol–water partition coefficient (Wildman–Crippen LogP) is 2.19. The maximum absolute atomic E-state index is 12.9. The van der Waals surface area contributed by atoms with Gasteiger partial charge in [0.25, 0.3) is 11.5 Å². The molecule has 0 radical (unpaired) electrons. The number of nitrogens with zero attached hydrogens (tertiary/aromatic N) is 5. The number of pyridine rings is 2. The molecule has 0 bridgehead atoms. The number of amides is 1. The Balaban J connectivity index is 1.53. The quantitative estimate of drug-likeness (QED) is 0.552. The van der Waals surface area contributed by atoms with E-state index in [1.54, 1.807) is 31.6 Å². The van der Waals surface area contributed by atoms with E-state index in [9.17, 15) is 9.59 Å². The maximum Gasteiger partial charge on any atom is 0.264 e. The highest BCUT2D eigenvalue weighted by Crippen LogP contribution is 2.08. The highest BCUT2D eigenvalue weighted by Gasteiger charge is 2.16. The van der Waals surface area contributed by atoms with E-state index in [-0.39, 0.29) is 24.2 Å². The Bertz CT molecular complexity index is 1290. The van der Waals surface area contributed by atoms with Crippen molar-refractivity contribution in [3.63, 3.8) is 0 Å². The summed E-state index contributed by atoms with van der Waals surface area (Å²) in [6.07, 6.45) is 8.79. The molecule has 0 fully saturated rings. The molecule has 4 aromatic rings. The molecule has 0 spiro atoms. The fraction of sp³-hybridized carbons (Fsp3) is 0.227. The van der Waals surface area contributed by atoms with Crippen LogP contribution in [0.4, 0.5) is 0 Å². The third kappa shape index (κ3) is 3.98. The van der Waals surface area contributed by atoms with Gasteiger partial charge in [-0.05, 0) is 44.0 Å². The monoisotopic (exact) mass is 402 g/mol. The lowest BCUT2D eigenvalue weighted by atomic mass is 10.1. The molecule has 4 heterocycles. The lowest BCUT2D eigenvalue weighted by molar-refractivity contribution is 0.0947. The van der Waals surface area contributed by atoms with Crippen molar-refractivity contribution in [1.29, 1.82) is 0 Å². The molecule has 4 rings (SSSR count). The van der Waals surface area contributed by atoms with Gasteiger partial charge in [-0.25, -0.2) is 4.98 Å². The van der Waals surface area contributed by atoms with Gasteiger partial charge in [0.2, 0.25) is 0 Å². The molecular formula is C22H22N6O2. The number of carbonyl (C=O) groups excluding carboxylic acids is 1. The minimum Gasteiger partial charge on any atom is -0.346 e.